The Morgan fingerprint density at radius 3 is 2.81 bits per heavy atom. The van der Waals surface area contributed by atoms with Crippen LogP contribution in [0.25, 0.3) is 0 Å². The maximum atomic E-state index is 12.7. The molecule has 21 heavy (non-hydrogen) atoms. The number of carbonyl (C=O) groups excluding carboxylic acids is 1. The van der Waals surface area contributed by atoms with Gasteiger partial charge in [0, 0.05) is 24.1 Å². The second kappa shape index (κ2) is 6.32. The van der Waals surface area contributed by atoms with Crippen molar-refractivity contribution >= 4 is 11.7 Å². The summed E-state index contributed by atoms with van der Waals surface area (Å²) in [6, 6.07) is 0.735. The number of aromatic nitrogens is 1. The highest BCUT2D eigenvalue weighted by Gasteiger charge is 2.42. The van der Waals surface area contributed by atoms with Gasteiger partial charge in [-0.25, -0.2) is 4.79 Å². The first-order valence-electron chi connectivity index (χ1n) is 6.91. The third kappa shape index (κ3) is 4.34. The van der Waals surface area contributed by atoms with Crippen molar-refractivity contribution < 1.29 is 18.0 Å². The van der Waals surface area contributed by atoms with E-state index in [1.807, 2.05) is 0 Å². The van der Waals surface area contributed by atoms with Gasteiger partial charge in [-0.05, 0) is 37.8 Å². The molecule has 2 rings (SSSR count). The lowest BCUT2D eigenvalue weighted by atomic mass is 9.85. The summed E-state index contributed by atoms with van der Waals surface area (Å²) in [6.45, 7) is 1.79. The molecule has 0 saturated heterocycles. The number of halogens is 3. The molecular formula is C14H18F3N3O. The maximum Gasteiger partial charge on any atom is 0.391 e. The first-order valence-corrected chi connectivity index (χ1v) is 6.91. The Kier molecular flexibility index (Phi) is 4.69. The van der Waals surface area contributed by atoms with Crippen molar-refractivity contribution in [3.63, 3.8) is 0 Å². The summed E-state index contributed by atoms with van der Waals surface area (Å²) in [5, 5.41) is 5.27. The highest BCUT2D eigenvalue weighted by Crippen LogP contribution is 2.37. The highest BCUT2D eigenvalue weighted by atomic mass is 19.4. The molecule has 0 aliphatic heterocycles. The number of hydrogen-bond acceptors (Lipinski definition) is 2. The van der Waals surface area contributed by atoms with Crippen LogP contribution in [0.3, 0.4) is 0 Å². The number of nitrogens with zero attached hydrogens (tertiary/aromatic N) is 1. The van der Waals surface area contributed by atoms with E-state index in [4.69, 9.17) is 0 Å². The molecule has 1 aromatic heterocycles. The lowest BCUT2D eigenvalue weighted by molar-refractivity contribution is -0.183. The van der Waals surface area contributed by atoms with Crippen LogP contribution in [0, 0.1) is 12.8 Å². The van der Waals surface area contributed by atoms with Gasteiger partial charge >= 0.3 is 12.2 Å². The van der Waals surface area contributed by atoms with Crippen LogP contribution in [-0.4, -0.2) is 23.2 Å². The van der Waals surface area contributed by atoms with Crippen molar-refractivity contribution in [2.75, 3.05) is 5.32 Å². The van der Waals surface area contributed by atoms with Crippen LogP contribution >= 0.6 is 0 Å². The summed E-state index contributed by atoms with van der Waals surface area (Å²) in [6.07, 6.45) is 0.120. The van der Waals surface area contributed by atoms with E-state index in [0.29, 0.717) is 18.5 Å². The molecule has 7 heteroatoms. The molecule has 2 N–H and O–H groups in total. The third-order valence-electron chi connectivity index (χ3n) is 3.74. The predicted octanol–water partition coefficient (Wildman–Crippen LogP) is 3.63. The number of urea groups is 1. The van der Waals surface area contributed by atoms with Crippen LogP contribution in [0.15, 0.2) is 18.5 Å². The molecule has 116 valence electrons. The van der Waals surface area contributed by atoms with Gasteiger partial charge in [-0.15, -0.1) is 0 Å². The smallest absolute Gasteiger partial charge is 0.335 e. The number of anilines is 1. The Morgan fingerprint density at radius 1 is 1.38 bits per heavy atom. The number of amides is 2. The fourth-order valence-corrected chi connectivity index (χ4v) is 2.58. The van der Waals surface area contributed by atoms with Gasteiger partial charge in [0.1, 0.15) is 0 Å². The van der Waals surface area contributed by atoms with E-state index in [1.54, 1.807) is 25.4 Å². The van der Waals surface area contributed by atoms with E-state index in [9.17, 15) is 18.0 Å². The molecule has 1 aromatic rings. The third-order valence-corrected chi connectivity index (χ3v) is 3.74. The van der Waals surface area contributed by atoms with Crippen molar-refractivity contribution in [2.24, 2.45) is 5.92 Å². The number of carbonyl (C=O) groups is 1. The van der Waals surface area contributed by atoms with Crippen molar-refractivity contribution in [1.29, 1.82) is 0 Å². The molecule has 0 radical (unpaired) electrons. The van der Waals surface area contributed by atoms with Crippen LogP contribution in [0.1, 0.15) is 31.2 Å². The monoisotopic (exact) mass is 301 g/mol. The minimum atomic E-state index is -4.18. The average Bonchev–Trinajstić information content (AvgIpc) is 2.41. The lowest BCUT2D eigenvalue weighted by Gasteiger charge is -2.31. The molecule has 1 aliphatic carbocycles. The minimum Gasteiger partial charge on any atom is -0.335 e. The minimum absolute atomic E-state index is 0.0494. The van der Waals surface area contributed by atoms with Gasteiger partial charge in [-0.2, -0.15) is 13.2 Å². The summed E-state index contributed by atoms with van der Waals surface area (Å²) in [5.74, 6) is -1.32. The molecule has 1 heterocycles. The molecule has 1 aliphatic rings. The van der Waals surface area contributed by atoms with Gasteiger partial charge in [0.25, 0.3) is 0 Å². The van der Waals surface area contributed by atoms with Crippen molar-refractivity contribution in [2.45, 2.75) is 44.8 Å². The first kappa shape index (κ1) is 15.6. The van der Waals surface area contributed by atoms with Gasteiger partial charge in [0.2, 0.25) is 0 Å². The molecule has 4 nitrogen and oxygen atoms in total. The number of aryl methyl sites for hydroxylation is 1. The molecule has 2 amide bonds. The number of rotatable bonds is 2. The Bertz CT molecular complexity index is 504. The quantitative estimate of drug-likeness (QED) is 0.876. The Labute approximate surface area is 121 Å². The zero-order valence-corrected chi connectivity index (χ0v) is 11.7. The molecule has 1 fully saturated rings. The number of hydrogen-bond donors (Lipinski definition) is 2. The van der Waals surface area contributed by atoms with Crippen LogP contribution in [0.5, 0.6) is 0 Å². The summed E-state index contributed by atoms with van der Waals surface area (Å²) < 4.78 is 38.1. The average molecular weight is 301 g/mol. The van der Waals surface area contributed by atoms with Gasteiger partial charge in [-0.3, -0.25) is 4.98 Å². The zero-order chi connectivity index (χ0) is 15.5. The normalized spacial score (nSPS) is 22.7. The van der Waals surface area contributed by atoms with E-state index < -0.39 is 24.2 Å². The van der Waals surface area contributed by atoms with Gasteiger partial charge in [0.05, 0.1) is 5.92 Å². The molecule has 1 saturated carbocycles. The van der Waals surface area contributed by atoms with Crippen LogP contribution in [0.4, 0.5) is 23.7 Å². The van der Waals surface area contributed by atoms with Crippen LogP contribution in [-0.2, 0) is 0 Å². The number of pyridine rings is 1. The Balaban J connectivity index is 1.89. The summed E-state index contributed by atoms with van der Waals surface area (Å²) in [4.78, 5) is 15.8. The van der Waals surface area contributed by atoms with Gasteiger partial charge < -0.3 is 10.6 Å². The number of alkyl halides is 3. The summed E-state index contributed by atoms with van der Waals surface area (Å²) in [5.41, 5.74) is 1.40. The topological polar surface area (TPSA) is 54.0 Å². The maximum absolute atomic E-state index is 12.7. The zero-order valence-electron chi connectivity index (χ0n) is 11.7. The van der Waals surface area contributed by atoms with Crippen LogP contribution in [0.2, 0.25) is 0 Å². The standard InChI is InChI=1S/C14H18F3N3O/c1-9-8-18-6-5-12(9)20-13(21)19-11-4-2-3-10(7-11)14(15,16)17/h5-6,8,10-11H,2-4,7H2,1H3,(H2,18,19,20,21)/t10-,11-/m0/s1. The molecule has 0 bridgehead atoms. The highest BCUT2D eigenvalue weighted by molar-refractivity contribution is 5.90. The van der Waals surface area contributed by atoms with Gasteiger partial charge in [-0.1, -0.05) is 6.42 Å². The fourth-order valence-electron chi connectivity index (χ4n) is 2.58. The SMILES string of the molecule is Cc1cnccc1NC(=O)N[C@H]1CCC[C@H](C(F)(F)F)C1. The second-order valence-corrected chi connectivity index (χ2v) is 5.39. The van der Waals surface area contributed by atoms with E-state index in [2.05, 4.69) is 15.6 Å². The molecule has 2 atom stereocenters. The first-order chi connectivity index (χ1) is 9.86. The van der Waals surface area contributed by atoms with Crippen molar-refractivity contribution in [3.8, 4) is 0 Å². The van der Waals surface area contributed by atoms with E-state index in [0.717, 1.165) is 5.56 Å². The van der Waals surface area contributed by atoms with Crippen molar-refractivity contribution in [1.82, 2.24) is 10.3 Å². The predicted molar refractivity (Wildman–Crippen MR) is 72.9 cm³/mol. The van der Waals surface area contributed by atoms with Crippen molar-refractivity contribution in [3.05, 3.63) is 24.0 Å². The second-order valence-electron chi connectivity index (χ2n) is 5.39. The van der Waals surface area contributed by atoms with E-state index in [-0.39, 0.29) is 12.8 Å². The molecular weight excluding hydrogens is 283 g/mol. The Morgan fingerprint density at radius 2 is 2.14 bits per heavy atom. The molecule has 0 aromatic carbocycles. The summed E-state index contributed by atoms with van der Waals surface area (Å²) in [7, 11) is 0. The number of nitrogens with one attached hydrogen (secondary N) is 2. The molecule has 0 spiro atoms. The molecule has 0 unspecified atom stereocenters. The summed E-state index contributed by atoms with van der Waals surface area (Å²) >= 11 is 0. The van der Waals surface area contributed by atoms with Gasteiger partial charge in [0.15, 0.2) is 0 Å². The largest absolute Gasteiger partial charge is 0.391 e. The van der Waals surface area contributed by atoms with E-state index >= 15 is 0 Å². The fraction of sp³-hybridized carbons (Fsp3) is 0.571. The van der Waals surface area contributed by atoms with Crippen LogP contribution < -0.4 is 10.6 Å². The Hall–Kier alpha value is -1.79. The lowest BCUT2D eigenvalue weighted by Crippen LogP contribution is -2.43. The van der Waals surface area contributed by atoms with E-state index in [1.165, 1.54) is 0 Å².